The van der Waals surface area contributed by atoms with Crippen molar-refractivity contribution in [3.05, 3.63) is 73.0 Å². The number of nitro groups is 1. The van der Waals surface area contributed by atoms with Crippen LogP contribution in [0.15, 0.2) is 41.6 Å². The molecule has 1 heterocycles. The minimum absolute atomic E-state index is 0.295. The van der Waals surface area contributed by atoms with Crippen LogP contribution >= 0.6 is 46.6 Å². The standard InChI is InChI=1S/C19H17Cl3N4O3S/c1-3-29-18-15(21)8-12(9-16(18)22)17(10-25(27)28)30-19-24-23-11(2)26(19)14-6-4-13(20)5-7-14/h4-9,17H,3,10H2,1-2H3/t17-/m0/s1. The summed E-state index contributed by atoms with van der Waals surface area (Å²) in [4.78, 5) is 11.0. The highest BCUT2D eigenvalue weighted by atomic mass is 35.5. The molecule has 1 aromatic heterocycles. The minimum atomic E-state index is -0.597. The molecule has 0 aliphatic heterocycles. The molecule has 3 rings (SSSR count). The summed E-state index contributed by atoms with van der Waals surface area (Å²) < 4.78 is 7.26. The van der Waals surface area contributed by atoms with E-state index in [-0.39, 0.29) is 11.5 Å². The fourth-order valence-corrected chi connectivity index (χ4v) is 4.72. The van der Waals surface area contributed by atoms with Crippen molar-refractivity contribution in [1.29, 1.82) is 0 Å². The number of aryl methyl sites for hydroxylation is 1. The first-order valence-electron chi connectivity index (χ1n) is 8.88. The lowest BCUT2D eigenvalue weighted by atomic mass is 10.1. The van der Waals surface area contributed by atoms with Gasteiger partial charge in [-0.3, -0.25) is 14.7 Å². The maximum absolute atomic E-state index is 11.4. The zero-order valence-corrected chi connectivity index (χ0v) is 19.1. The highest BCUT2D eigenvalue weighted by Crippen LogP contribution is 2.41. The number of hydrogen-bond donors (Lipinski definition) is 0. The average Bonchev–Trinajstić information content (AvgIpc) is 3.04. The van der Waals surface area contributed by atoms with Gasteiger partial charge in [0.1, 0.15) is 11.1 Å². The Bertz CT molecular complexity index is 1040. The molecule has 0 unspecified atom stereocenters. The van der Waals surface area contributed by atoms with E-state index < -0.39 is 5.25 Å². The Morgan fingerprint density at radius 1 is 1.17 bits per heavy atom. The molecule has 1 atom stereocenters. The van der Waals surface area contributed by atoms with Crippen LogP contribution in [0.3, 0.4) is 0 Å². The molecule has 0 saturated carbocycles. The molecule has 0 fully saturated rings. The van der Waals surface area contributed by atoms with Crippen LogP contribution in [0.25, 0.3) is 5.69 Å². The van der Waals surface area contributed by atoms with Crippen LogP contribution in [0.2, 0.25) is 15.1 Å². The molecular formula is C19H17Cl3N4O3S. The van der Waals surface area contributed by atoms with E-state index in [9.17, 15) is 10.1 Å². The summed E-state index contributed by atoms with van der Waals surface area (Å²) in [5.41, 5.74) is 1.39. The highest BCUT2D eigenvalue weighted by molar-refractivity contribution is 7.99. The summed E-state index contributed by atoms with van der Waals surface area (Å²) >= 11 is 19.8. The van der Waals surface area contributed by atoms with Crippen molar-refractivity contribution in [2.45, 2.75) is 24.3 Å². The van der Waals surface area contributed by atoms with Crippen molar-refractivity contribution in [1.82, 2.24) is 14.8 Å². The van der Waals surface area contributed by atoms with Crippen LogP contribution in [0.5, 0.6) is 5.75 Å². The predicted molar refractivity (Wildman–Crippen MR) is 119 cm³/mol. The molecule has 0 amide bonds. The lowest BCUT2D eigenvalue weighted by molar-refractivity contribution is -0.479. The van der Waals surface area contributed by atoms with Crippen molar-refractivity contribution in [3.63, 3.8) is 0 Å². The second-order valence-corrected chi connectivity index (χ2v) is 8.63. The number of benzene rings is 2. The molecule has 0 saturated heterocycles. The third-order valence-corrected chi connectivity index (χ3v) is 6.12. The number of halogens is 3. The molecule has 7 nitrogen and oxygen atoms in total. The first-order chi connectivity index (χ1) is 14.3. The molecule has 0 aliphatic carbocycles. The Kier molecular flexibility index (Phi) is 7.46. The van der Waals surface area contributed by atoms with Gasteiger partial charge in [0.2, 0.25) is 6.54 Å². The summed E-state index contributed by atoms with van der Waals surface area (Å²) in [6.07, 6.45) is 0. The monoisotopic (exact) mass is 486 g/mol. The largest absolute Gasteiger partial charge is 0.491 e. The molecule has 30 heavy (non-hydrogen) atoms. The molecule has 0 radical (unpaired) electrons. The number of hydrogen-bond acceptors (Lipinski definition) is 6. The first kappa shape index (κ1) is 22.7. The highest BCUT2D eigenvalue weighted by Gasteiger charge is 2.25. The molecule has 3 aromatic rings. The van der Waals surface area contributed by atoms with Crippen molar-refractivity contribution in [2.24, 2.45) is 0 Å². The lowest BCUT2D eigenvalue weighted by Crippen LogP contribution is -2.11. The molecule has 0 aliphatic rings. The number of rotatable bonds is 8. The normalized spacial score (nSPS) is 12.0. The number of thioether (sulfide) groups is 1. The maximum Gasteiger partial charge on any atom is 0.220 e. The quantitative estimate of drug-likeness (QED) is 0.219. The number of ether oxygens (including phenoxy) is 1. The van der Waals surface area contributed by atoms with Crippen molar-refractivity contribution < 1.29 is 9.66 Å². The Morgan fingerprint density at radius 3 is 2.37 bits per heavy atom. The van der Waals surface area contributed by atoms with Gasteiger partial charge in [0, 0.05) is 15.6 Å². The zero-order chi connectivity index (χ0) is 21.8. The van der Waals surface area contributed by atoms with E-state index in [1.807, 2.05) is 23.6 Å². The van der Waals surface area contributed by atoms with Crippen LogP contribution in [-0.4, -0.2) is 32.8 Å². The lowest BCUT2D eigenvalue weighted by Gasteiger charge is -2.16. The molecule has 0 spiro atoms. The van der Waals surface area contributed by atoms with Gasteiger partial charge < -0.3 is 4.74 Å². The van der Waals surface area contributed by atoms with Crippen LogP contribution in [0.4, 0.5) is 0 Å². The Balaban J connectivity index is 2.00. The number of aromatic nitrogens is 3. The summed E-state index contributed by atoms with van der Waals surface area (Å²) in [6.45, 7) is 3.67. The van der Waals surface area contributed by atoms with Gasteiger partial charge in [0.25, 0.3) is 0 Å². The smallest absolute Gasteiger partial charge is 0.220 e. The Labute approximate surface area is 192 Å². The van der Waals surface area contributed by atoms with Gasteiger partial charge in [-0.05, 0) is 55.8 Å². The van der Waals surface area contributed by atoms with Crippen LogP contribution < -0.4 is 4.74 Å². The second kappa shape index (κ2) is 9.87. The van der Waals surface area contributed by atoms with Gasteiger partial charge in [0.15, 0.2) is 10.9 Å². The van der Waals surface area contributed by atoms with Gasteiger partial charge >= 0.3 is 0 Å². The van der Waals surface area contributed by atoms with E-state index >= 15 is 0 Å². The van der Waals surface area contributed by atoms with E-state index in [4.69, 9.17) is 39.5 Å². The molecule has 11 heteroatoms. The van der Waals surface area contributed by atoms with Crippen LogP contribution in [0, 0.1) is 17.0 Å². The zero-order valence-electron chi connectivity index (χ0n) is 16.0. The number of nitrogens with zero attached hydrogens (tertiary/aromatic N) is 4. The van der Waals surface area contributed by atoms with Gasteiger partial charge in [-0.25, -0.2) is 0 Å². The van der Waals surface area contributed by atoms with Gasteiger partial charge in [-0.1, -0.05) is 46.6 Å². The topological polar surface area (TPSA) is 83.1 Å². The fourth-order valence-electron chi connectivity index (χ4n) is 2.83. The minimum Gasteiger partial charge on any atom is -0.491 e. The third-order valence-electron chi connectivity index (χ3n) is 4.12. The summed E-state index contributed by atoms with van der Waals surface area (Å²) in [6, 6.07) is 10.4. The SMILES string of the molecule is CCOc1c(Cl)cc([C@H](C[N+](=O)[O-])Sc2nnc(C)n2-c2ccc(Cl)cc2)cc1Cl. The van der Waals surface area contributed by atoms with Crippen LogP contribution in [0.1, 0.15) is 23.6 Å². The molecule has 0 bridgehead atoms. The van der Waals surface area contributed by atoms with E-state index in [1.165, 1.54) is 11.8 Å². The summed E-state index contributed by atoms with van der Waals surface area (Å²) in [5, 5.41) is 20.8. The summed E-state index contributed by atoms with van der Waals surface area (Å²) in [5.74, 6) is 0.997. The Morgan fingerprint density at radius 2 is 1.80 bits per heavy atom. The molecule has 2 aromatic carbocycles. The van der Waals surface area contributed by atoms with E-state index in [2.05, 4.69) is 10.2 Å². The molecule has 0 N–H and O–H groups in total. The van der Waals surface area contributed by atoms with Gasteiger partial charge in [0.05, 0.1) is 16.7 Å². The third kappa shape index (κ3) is 5.18. The van der Waals surface area contributed by atoms with E-state index in [1.54, 1.807) is 31.2 Å². The van der Waals surface area contributed by atoms with E-state index in [0.29, 0.717) is 44.0 Å². The molecular weight excluding hydrogens is 471 g/mol. The average molecular weight is 488 g/mol. The fraction of sp³-hybridized carbons (Fsp3) is 0.263. The Hall–Kier alpha value is -2.00. The first-order valence-corrected chi connectivity index (χ1v) is 10.9. The molecule has 158 valence electrons. The van der Waals surface area contributed by atoms with Gasteiger partial charge in [-0.15, -0.1) is 10.2 Å². The van der Waals surface area contributed by atoms with Crippen LogP contribution in [-0.2, 0) is 0 Å². The van der Waals surface area contributed by atoms with Gasteiger partial charge in [-0.2, -0.15) is 0 Å². The second-order valence-electron chi connectivity index (χ2n) is 6.21. The predicted octanol–water partition coefficient (Wildman–Crippen LogP) is 6.04. The van der Waals surface area contributed by atoms with Crippen molar-refractivity contribution in [3.8, 4) is 11.4 Å². The van der Waals surface area contributed by atoms with E-state index in [0.717, 1.165) is 5.69 Å². The van der Waals surface area contributed by atoms with Crippen molar-refractivity contribution in [2.75, 3.05) is 13.2 Å². The summed E-state index contributed by atoms with van der Waals surface area (Å²) in [7, 11) is 0. The maximum atomic E-state index is 11.4. The van der Waals surface area contributed by atoms with Crippen molar-refractivity contribution >= 4 is 46.6 Å².